The molecule has 1 heterocycles. The molecule has 2 aromatic rings. The van der Waals surface area contributed by atoms with Gasteiger partial charge in [-0.25, -0.2) is 5.10 Å². The molecule has 0 aliphatic rings. The van der Waals surface area contributed by atoms with Crippen molar-refractivity contribution in [1.82, 2.24) is 26.4 Å². The van der Waals surface area contributed by atoms with E-state index in [1.54, 1.807) is 24.3 Å². The van der Waals surface area contributed by atoms with Crippen molar-refractivity contribution in [3.8, 4) is 0 Å². The largest absolute Gasteiger partial charge is 0.361 e. The van der Waals surface area contributed by atoms with Gasteiger partial charge in [-0.05, 0) is 24.7 Å². The van der Waals surface area contributed by atoms with Crippen LogP contribution in [0.25, 0.3) is 10.8 Å². The van der Waals surface area contributed by atoms with Gasteiger partial charge in [0, 0.05) is 11.9 Å². The van der Waals surface area contributed by atoms with Crippen LogP contribution in [0.4, 0.5) is 0 Å². The zero-order valence-electron chi connectivity index (χ0n) is 11.4. The molecule has 0 bridgehead atoms. The molecule has 0 atom stereocenters. The van der Waals surface area contributed by atoms with Crippen molar-refractivity contribution >= 4 is 34.0 Å². The lowest BCUT2D eigenvalue weighted by molar-refractivity contribution is 0.0939. The highest BCUT2D eigenvalue weighted by Gasteiger charge is 2.13. The summed E-state index contributed by atoms with van der Waals surface area (Å²) < 4.78 is 0. The molecule has 0 saturated carbocycles. The van der Waals surface area contributed by atoms with Crippen molar-refractivity contribution in [3.05, 3.63) is 40.3 Å². The van der Waals surface area contributed by atoms with Crippen LogP contribution in [0.5, 0.6) is 0 Å². The van der Waals surface area contributed by atoms with Crippen LogP contribution in [0, 0.1) is 0 Å². The van der Waals surface area contributed by atoms with E-state index in [4.69, 9.17) is 12.2 Å². The number of benzene rings is 1. The van der Waals surface area contributed by atoms with Gasteiger partial charge in [0.05, 0.1) is 5.39 Å². The third-order valence-electron chi connectivity index (χ3n) is 2.74. The Labute approximate surface area is 126 Å². The zero-order chi connectivity index (χ0) is 15.2. The van der Waals surface area contributed by atoms with Crippen LogP contribution in [0.1, 0.15) is 23.8 Å². The summed E-state index contributed by atoms with van der Waals surface area (Å²) in [5.74, 6) is -0.483. The Balaban J connectivity index is 2.15. The first kappa shape index (κ1) is 14.9. The number of aromatic amines is 1. The van der Waals surface area contributed by atoms with Crippen LogP contribution in [-0.4, -0.2) is 27.8 Å². The van der Waals surface area contributed by atoms with E-state index in [1.165, 1.54) is 0 Å². The molecule has 110 valence electrons. The van der Waals surface area contributed by atoms with Crippen molar-refractivity contribution in [2.24, 2.45) is 0 Å². The molecule has 1 aromatic heterocycles. The molecular weight excluding hydrogens is 290 g/mol. The van der Waals surface area contributed by atoms with Crippen molar-refractivity contribution < 1.29 is 4.79 Å². The Morgan fingerprint density at radius 2 is 2.00 bits per heavy atom. The number of carbonyl (C=O) groups excluding carboxylic acids is 1. The van der Waals surface area contributed by atoms with E-state index in [0.717, 1.165) is 6.42 Å². The molecule has 0 radical (unpaired) electrons. The van der Waals surface area contributed by atoms with Crippen molar-refractivity contribution in [3.63, 3.8) is 0 Å². The lowest BCUT2D eigenvalue weighted by atomic mass is 10.1. The molecule has 8 heteroatoms. The van der Waals surface area contributed by atoms with Crippen LogP contribution < -0.4 is 21.7 Å². The van der Waals surface area contributed by atoms with Gasteiger partial charge in [0.25, 0.3) is 11.5 Å². The minimum absolute atomic E-state index is 0.121. The first-order chi connectivity index (χ1) is 10.1. The summed E-state index contributed by atoms with van der Waals surface area (Å²) in [6, 6.07) is 6.76. The molecule has 0 aliphatic heterocycles. The van der Waals surface area contributed by atoms with Crippen LogP contribution in [0.3, 0.4) is 0 Å². The number of nitrogens with zero attached hydrogens (tertiary/aromatic N) is 1. The number of H-pyrrole nitrogens is 1. The number of nitrogens with one attached hydrogen (secondary N) is 4. The standard InChI is InChI=1S/C13H15N5O2S/c1-2-7-14-13(21)18-17-12(20)10-8-5-3-4-6-9(8)11(19)16-15-10/h3-6H,2,7H2,1H3,(H,16,19)(H,17,20)(H2,14,18,21). The third-order valence-corrected chi connectivity index (χ3v) is 2.98. The topological polar surface area (TPSA) is 98.9 Å². The van der Waals surface area contributed by atoms with E-state index in [9.17, 15) is 9.59 Å². The van der Waals surface area contributed by atoms with Gasteiger partial charge in [0.15, 0.2) is 10.8 Å². The fourth-order valence-electron chi connectivity index (χ4n) is 1.74. The number of fused-ring (bicyclic) bond motifs is 1. The lowest BCUT2D eigenvalue weighted by Crippen LogP contribution is -2.47. The molecule has 0 fully saturated rings. The van der Waals surface area contributed by atoms with E-state index in [-0.39, 0.29) is 11.3 Å². The van der Waals surface area contributed by atoms with Crippen molar-refractivity contribution in [2.75, 3.05) is 6.54 Å². The molecule has 0 spiro atoms. The number of amides is 1. The van der Waals surface area contributed by atoms with E-state index in [0.29, 0.717) is 22.4 Å². The number of hydrazine groups is 1. The van der Waals surface area contributed by atoms with E-state index < -0.39 is 5.91 Å². The highest BCUT2D eigenvalue weighted by Crippen LogP contribution is 2.11. The molecule has 4 N–H and O–H groups in total. The third kappa shape index (κ3) is 3.54. The first-order valence-electron chi connectivity index (χ1n) is 6.45. The first-order valence-corrected chi connectivity index (χ1v) is 6.86. The summed E-state index contributed by atoms with van der Waals surface area (Å²) in [5, 5.41) is 10.2. The molecule has 1 amide bonds. The second kappa shape index (κ2) is 6.80. The average Bonchev–Trinajstić information content (AvgIpc) is 2.51. The normalized spacial score (nSPS) is 10.1. The summed E-state index contributed by atoms with van der Waals surface area (Å²) in [6.07, 6.45) is 0.919. The van der Waals surface area contributed by atoms with E-state index in [2.05, 4.69) is 26.4 Å². The maximum absolute atomic E-state index is 12.1. The van der Waals surface area contributed by atoms with Gasteiger partial charge in [-0.15, -0.1) is 0 Å². The van der Waals surface area contributed by atoms with Crippen molar-refractivity contribution in [2.45, 2.75) is 13.3 Å². The predicted molar refractivity (Wildman–Crippen MR) is 83.9 cm³/mol. The number of carbonyl (C=O) groups is 1. The molecule has 21 heavy (non-hydrogen) atoms. The van der Waals surface area contributed by atoms with Gasteiger partial charge < -0.3 is 5.32 Å². The van der Waals surface area contributed by atoms with Gasteiger partial charge in [0.1, 0.15) is 0 Å². The Morgan fingerprint density at radius 3 is 2.71 bits per heavy atom. The Morgan fingerprint density at radius 1 is 1.29 bits per heavy atom. The minimum Gasteiger partial charge on any atom is -0.361 e. The Kier molecular flexibility index (Phi) is 4.83. The highest BCUT2D eigenvalue weighted by molar-refractivity contribution is 7.80. The zero-order valence-corrected chi connectivity index (χ0v) is 12.2. The lowest BCUT2D eigenvalue weighted by Gasteiger charge is -2.11. The molecule has 2 rings (SSSR count). The summed E-state index contributed by atoms with van der Waals surface area (Å²) >= 11 is 4.99. The number of aromatic nitrogens is 2. The summed E-state index contributed by atoms with van der Waals surface area (Å²) in [7, 11) is 0. The maximum Gasteiger partial charge on any atom is 0.290 e. The van der Waals surface area contributed by atoms with Gasteiger partial charge in [-0.3, -0.25) is 20.4 Å². The van der Waals surface area contributed by atoms with Gasteiger partial charge in [-0.2, -0.15) is 5.10 Å². The number of hydrogen-bond donors (Lipinski definition) is 4. The van der Waals surface area contributed by atoms with Gasteiger partial charge in [0.2, 0.25) is 0 Å². The molecule has 7 nitrogen and oxygen atoms in total. The maximum atomic E-state index is 12.1. The quantitative estimate of drug-likeness (QED) is 0.485. The molecule has 1 aromatic carbocycles. The highest BCUT2D eigenvalue weighted by atomic mass is 32.1. The molecule has 0 aliphatic carbocycles. The summed E-state index contributed by atoms with van der Waals surface area (Å²) in [4.78, 5) is 23.7. The number of rotatable bonds is 3. The summed E-state index contributed by atoms with van der Waals surface area (Å²) in [5.41, 5.74) is 4.81. The molecule has 0 saturated heterocycles. The van der Waals surface area contributed by atoms with Crippen LogP contribution in [0.15, 0.2) is 29.1 Å². The van der Waals surface area contributed by atoms with E-state index >= 15 is 0 Å². The second-order valence-electron chi connectivity index (χ2n) is 4.28. The minimum atomic E-state index is -0.483. The fourth-order valence-corrected chi connectivity index (χ4v) is 1.90. The van der Waals surface area contributed by atoms with Crippen LogP contribution in [0.2, 0.25) is 0 Å². The average molecular weight is 305 g/mol. The molecule has 0 unspecified atom stereocenters. The van der Waals surface area contributed by atoms with E-state index in [1.807, 2.05) is 6.92 Å². The van der Waals surface area contributed by atoms with Crippen molar-refractivity contribution in [1.29, 1.82) is 0 Å². The number of hydrogen-bond acceptors (Lipinski definition) is 4. The molecular formula is C13H15N5O2S. The number of thiocarbonyl (C=S) groups is 1. The van der Waals surface area contributed by atoms with Gasteiger partial charge in [-0.1, -0.05) is 25.1 Å². The van der Waals surface area contributed by atoms with Crippen LogP contribution in [-0.2, 0) is 0 Å². The second-order valence-corrected chi connectivity index (χ2v) is 4.69. The van der Waals surface area contributed by atoms with Crippen LogP contribution >= 0.6 is 12.2 Å². The smallest absolute Gasteiger partial charge is 0.290 e. The fraction of sp³-hybridized carbons (Fsp3) is 0.231. The Hall–Kier alpha value is -2.48. The SMILES string of the molecule is CCCNC(=S)NNC(=O)c1n[nH]c(=O)c2ccccc12. The predicted octanol–water partition coefficient (Wildman–Crippen LogP) is 0.442. The Bertz CT molecular complexity index is 728. The summed E-state index contributed by atoms with van der Waals surface area (Å²) in [6.45, 7) is 2.71. The van der Waals surface area contributed by atoms with Gasteiger partial charge >= 0.3 is 0 Å². The monoisotopic (exact) mass is 305 g/mol.